The van der Waals surface area contributed by atoms with Gasteiger partial charge in [-0.05, 0) is 41.3 Å². The van der Waals surface area contributed by atoms with Gasteiger partial charge in [-0.2, -0.15) is 5.10 Å². The highest BCUT2D eigenvalue weighted by Crippen LogP contribution is 2.25. The fraction of sp³-hybridized carbons (Fsp3) is 0.167. The third-order valence-electron chi connectivity index (χ3n) is 5.01. The summed E-state index contributed by atoms with van der Waals surface area (Å²) in [4.78, 5) is 28.5. The molecule has 0 unspecified atom stereocenters. The van der Waals surface area contributed by atoms with Gasteiger partial charge in [-0.15, -0.1) is 0 Å². The van der Waals surface area contributed by atoms with Crippen LogP contribution in [0.25, 0.3) is 22.0 Å². The van der Waals surface area contributed by atoms with E-state index in [4.69, 9.17) is 0 Å². The second kappa shape index (κ2) is 8.19. The molecule has 0 fully saturated rings. The number of carbonyl (C=O) groups is 2. The average molecular weight is 383 g/mol. The molecule has 0 aliphatic carbocycles. The van der Waals surface area contributed by atoms with E-state index in [1.807, 2.05) is 61.5 Å². The fourth-order valence-electron chi connectivity index (χ4n) is 3.36. The van der Waals surface area contributed by atoms with Crippen LogP contribution in [0.5, 0.6) is 0 Å². The lowest BCUT2D eigenvalue weighted by Crippen LogP contribution is -2.09. The molecular formula is C24H21N3O2. The van der Waals surface area contributed by atoms with Crippen LogP contribution in [0, 0.1) is 0 Å². The summed E-state index contributed by atoms with van der Waals surface area (Å²) < 4.78 is 1.45. The van der Waals surface area contributed by atoms with Gasteiger partial charge in [0.1, 0.15) is 0 Å². The minimum atomic E-state index is -0.0260. The summed E-state index contributed by atoms with van der Waals surface area (Å²) in [6.07, 6.45) is 6.79. The van der Waals surface area contributed by atoms with E-state index in [0.717, 1.165) is 27.6 Å². The molecule has 4 aromatic rings. The maximum absolute atomic E-state index is 12.5. The van der Waals surface area contributed by atoms with Gasteiger partial charge in [0.2, 0.25) is 5.91 Å². The number of pyridine rings is 1. The van der Waals surface area contributed by atoms with Gasteiger partial charge in [0.05, 0.1) is 11.7 Å². The zero-order valence-corrected chi connectivity index (χ0v) is 16.2. The number of aromatic nitrogens is 3. The van der Waals surface area contributed by atoms with E-state index in [1.165, 1.54) is 4.68 Å². The van der Waals surface area contributed by atoms with Gasteiger partial charge in [0, 0.05) is 36.2 Å². The molecule has 0 amide bonds. The minimum absolute atomic E-state index is 0.0260. The molecule has 0 aliphatic rings. The van der Waals surface area contributed by atoms with Gasteiger partial charge in [-0.1, -0.05) is 43.3 Å². The number of rotatable bonds is 6. The standard InChI is InChI=1S/C24H21N3O2/c1-2-24(29)27-22-11-10-20(14-21(22)16-26-27)18-6-8-19(9-7-18)23(28)12-5-17-4-3-13-25-15-17/h3-4,6-11,13-16H,2,5,12H2,1H3. The van der Waals surface area contributed by atoms with Crippen molar-refractivity contribution in [2.45, 2.75) is 26.2 Å². The van der Waals surface area contributed by atoms with E-state index in [0.29, 0.717) is 24.8 Å². The van der Waals surface area contributed by atoms with E-state index in [2.05, 4.69) is 10.1 Å². The molecule has 2 aromatic carbocycles. The Morgan fingerprint density at radius 1 is 0.966 bits per heavy atom. The smallest absolute Gasteiger partial charge is 0.247 e. The van der Waals surface area contributed by atoms with Crippen LogP contribution in [0.2, 0.25) is 0 Å². The molecule has 0 bridgehead atoms. The van der Waals surface area contributed by atoms with Crippen molar-refractivity contribution in [3.8, 4) is 11.1 Å². The highest BCUT2D eigenvalue weighted by atomic mass is 16.2. The molecule has 0 aliphatic heterocycles. The lowest BCUT2D eigenvalue weighted by molar-refractivity contribution is 0.0898. The third-order valence-corrected chi connectivity index (χ3v) is 5.01. The van der Waals surface area contributed by atoms with Crippen molar-refractivity contribution in [2.24, 2.45) is 0 Å². The van der Waals surface area contributed by atoms with Crippen molar-refractivity contribution >= 4 is 22.6 Å². The second-order valence-electron chi connectivity index (χ2n) is 6.94. The van der Waals surface area contributed by atoms with Crippen molar-refractivity contribution in [3.63, 3.8) is 0 Å². The molecule has 29 heavy (non-hydrogen) atoms. The molecule has 2 aromatic heterocycles. The zero-order valence-electron chi connectivity index (χ0n) is 16.2. The van der Waals surface area contributed by atoms with Gasteiger partial charge in [-0.3, -0.25) is 14.6 Å². The molecule has 5 nitrogen and oxygen atoms in total. The van der Waals surface area contributed by atoms with Crippen molar-refractivity contribution < 1.29 is 9.59 Å². The molecule has 0 saturated heterocycles. The second-order valence-corrected chi connectivity index (χ2v) is 6.94. The van der Waals surface area contributed by atoms with E-state index in [9.17, 15) is 9.59 Å². The first-order valence-electron chi connectivity index (χ1n) is 9.69. The normalized spacial score (nSPS) is 10.9. The van der Waals surface area contributed by atoms with Crippen LogP contribution in [-0.4, -0.2) is 26.5 Å². The Balaban J connectivity index is 1.50. The van der Waals surface area contributed by atoms with Gasteiger partial charge < -0.3 is 0 Å². The predicted octanol–water partition coefficient (Wildman–Crippen LogP) is 4.96. The van der Waals surface area contributed by atoms with E-state index in [-0.39, 0.29) is 11.7 Å². The Labute approximate surface area is 169 Å². The summed E-state index contributed by atoms with van der Waals surface area (Å²) in [5.74, 6) is 0.0945. The molecule has 0 radical (unpaired) electrons. The van der Waals surface area contributed by atoms with Gasteiger partial charge in [0.25, 0.3) is 0 Å². The number of hydrogen-bond donors (Lipinski definition) is 0. The van der Waals surface area contributed by atoms with Crippen LogP contribution in [0.1, 0.15) is 40.5 Å². The Kier molecular flexibility index (Phi) is 5.29. The van der Waals surface area contributed by atoms with Gasteiger partial charge >= 0.3 is 0 Å². The van der Waals surface area contributed by atoms with Crippen molar-refractivity contribution in [1.29, 1.82) is 0 Å². The highest BCUT2D eigenvalue weighted by molar-refractivity contribution is 5.97. The van der Waals surface area contributed by atoms with Gasteiger partial charge in [0.15, 0.2) is 5.78 Å². The van der Waals surface area contributed by atoms with Crippen LogP contribution < -0.4 is 0 Å². The SMILES string of the molecule is CCC(=O)n1ncc2cc(-c3ccc(C(=O)CCc4cccnc4)cc3)ccc21. The van der Waals surface area contributed by atoms with Crippen LogP contribution in [0.3, 0.4) is 0 Å². The van der Waals surface area contributed by atoms with E-state index in [1.54, 1.807) is 18.6 Å². The molecule has 5 heteroatoms. The number of benzene rings is 2. The van der Waals surface area contributed by atoms with Crippen LogP contribution in [-0.2, 0) is 6.42 Å². The van der Waals surface area contributed by atoms with Crippen molar-refractivity contribution in [3.05, 3.63) is 84.3 Å². The van der Waals surface area contributed by atoms with Crippen LogP contribution in [0.4, 0.5) is 0 Å². The summed E-state index contributed by atoms with van der Waals surface area (Å²) in [5.41, 5.74) is 4.62. The summed E-state index contributed by atoms with van der Waals surface area (Å²) >= 11 is 0. The van der Waals surface area contributed by atoms with Crippen molar-refractivity contribution in [1.82, 2.24) is 14.8 Å². The molecule has 0 atom stereocenters. The van der Waals surface area contributed by atoms with Crippen molar-refractivity contribution in [2.75, 3.05) is 0 Å². The number of fused-ring (bicyclic) bond motifs is 1. The quantitative estimate of drug-likeness (QED) is 0.441. The Morgan fingerprint density at radius 2 is 1.76 bits per heavy atom. The summed E-state index contributed by atoms with van der Waals surface area (Å²) in [5, 5.41) is 5.12. The number of nitrogens with zero attached hydrogens (tertiary/aromatic N) is 3. The Morgan fingerprint density at radius 3 is 2.48 bits per heavy atom. The average Bonchev–Trinajstić information content (AvgIpc) is 3.21. The first kappa shape index (κ1) is 18.7. The molecule has 144 valence electrons. The van der Waals surface area contributed by atoms with Crippen LogP contribution in [0.15, 0.2) is 73.2 Å². The number of hydrogen-bond acceptors (Lipinski definition) is 4. The zero-order chi connectivity index (χ0) is 20.2. The number of carbonyl (C=O) groups excluding carboxylic acids is 2. The molecule has 0 saturated carbocycles. The third kappa shape index (κ3) is 3.99. The monoisotopic (exact) mass is 383 g/mol. The molecular weight excluding hydrogens is 362 g/mol. The highest BCUT2D eigenvalue weighted by Gasteiger charge is 2.11. The lowest BCUT2D eigenvalue weighted by atomic mass is 9.99. The topological polar surface area (TPSA) is 64.8 Å². The predicted molar refractivity (Wildman–Crippen MR) is 113 cm³/mol. The Hall–Kier alpha value is -3.60. The fourth-order valence-corrected chi connectivity index (χ4v) is 3.36. The maximum atomic E-state index is 12.5. The summed E-state index contributed by atoms with van der Waals surface area (Å²) in [6.45, 7) is 1.82. The summed E-state index contributed by atoms with van der Waals surface area (Å²) in [6, 6.07) is 17.4. The number of Topliss-reactive ketones (excluding diaryl/α,β-unsaturated/α-hetero) is 1. The molecule has 0 N–H and O–H groups in total. The molecule has 0 spiro atoms. The molecule has 4 rings (SSSR count). The van der Waals surface area contributed by atoms with E-state index >= 15 is 0 Å². The van der Waals surface area contributed by atoms with Crippen LogP contribution >= 0.6 is 0 Å². The largest absolute Gasteiger partial charge is 0.294 e. The van der Waals surface area contributed by atoms with Gasteiger partial charge in [-0.25, -0.2) is 4.68 Å². The number of aryl methyl sites for hydroxylation is 1. The number of ketones is 1. The molecule has 2 heterocycles. The first-order valence-corrected chi connectivity index (χ1v) is 9.69. The Bertz CT molecular complexity index is 1160. The minimum Gasteiger partial charge on any atom is -0.294 e. The lowest BCUT2D eigenvalue weighted by Gasteiger charge is -2.06. The van der Waals surface area contributed by atoms with E-state index < -0.39 is 0 Å². The maximum Gasteiger partial charge on any atom is 0.247 e. The first-order chi connectivity index (χ1) is 14.2. The summed E-state index contributed by atoms with van der Waals surface area (Å²) in [7, 11) is 0.